The molecule has 0 aliphatic rings. The van der Waals surface area contributed by atoms with Crippen LogP contribution >= 0.6 is 0 Å². The first-order chi connectivity index (χ1) is 11.7. The molecule has 0 aliphatic heterocycles. The van der Waals surface area contributed by atoms with Gasteiger partial charge in [-0.15, -0.1) is 0 Å². The lowest BCUT2D eigenvalue weighted by Crippen LogP contribution is -2.29. The highest BCUT2D eigenvalue weighted by atomic mass is 32.2. The van der Waals surface area contributed by atoms with Crippen molar-refractivity contribution in [3.05, 3.63) is 58.9 Å². The Kier molecular flexibility index (Phi) is 5.76. The third-order valence-corrected chi connectivity index (χ3v) is 5.07. The fraction of sp³-hybridized carbons (Fsp3) is 0.235. The molecule has 0 atom stereocenters. The Morgan fingerprint density at radius 1 is 1.16 bits per heavy atom. The molecule has 0 amide bonds. The van der Waals surface area contributed by atoms with Crippen LogP contribution in [0.5, 0.6) is 5.75 Å². The van der Waals surface area contributed by atoms with Gasteiger partial charge in [0.15, 0.2) is 0 Å². The minimum Gasteiger partial charge on any atom is -0.545 e. The highest BCUT2D eigenvalue weighted by molar-refractivity contribution is 7.89. The van der Waals surface area contributed by atoms with Crippen LogP contribution < -0.4 is 14.6 Å². The Balaban J connectivity index is 2.01. The number of hydrogen-bond acceptors (Lipinski definition) is 5. The van der Waals surface area contributed by atoms with E-state index in [1.165, 1.54) is 0 Å². The van der Waals surface area contributed by atoms with Gasteiger partial charge in [-0.2, -0.15) is 0 Å². The zero-order chi connectivity index (χ0) is 18.6. The number of rotatable bonds is 7. The van der Waals surface area contributed by atoms with Crippen molar-refractivity contribution in [3.8, 4) is 5.75 Å². The van der Waals surface area contributed by atoms with Crippen molar-refractivity contribution in [1.82, 2.24) is 4.72 Å². The maximum Gasteiger partial charge on any atom is 0.243 e. The Morgan fingerprint density at radius 2 is 1.88 bits per heavy atom. The maximum absolute atomic E-state index is 13.7. The second kappa shape index (κ2) is 7.62. The van der Waals surface area contributed by atoms with Crippen molar-refractivity contribution in [1.29, 1.82) is 0 Å². The van der Waals surface area contributed by atoms with Gasteiger partial charge in [0.05, 0.1) is 5.97 Å². The Labute approximate surface area is 145 Å². The van der Waals surface area contributed by atoms with E-state index in [0.29, 0.717) is 5.75 Å². The van der Waals surface area contributed by atoms with Gasteiger partial charge in [-0.05, 0) is 54.8 Å². The van der Waals surface area contributed by atoms with Crippen molar-refractivity contribution < 1.29 is 27.4 Å². The molecule has 0 saturated heterocycles. The molecule has 2 aromatic carbocycles. The summed E-state index contributed by atoms with van der Waals surface area (Å²) in [4.78, 5) is 10.0. The van der Waals surface area contributed by atoms with Gasteiger partial charge in [0, 0.05) is 6.54 Å². The lowest BCUT2D eigenvalue weighted by Gasteiger charge is -2.11. The van der Waals surface area contributed by atoms with Gasteiger partial charge in [-0.1, -0.05) is 12.1 Å². The molecule has 6 nitrogen and oxygen atoms in total. The zero-order valence-corrected chi connectivity index (χ0v) is 14.5. The summed E-state index contributed by atoms with van der Waals surface area (Å²) in [6.45, 7) is 3.81. The largest absolute Gasteiger partial charge is 0.545 e. The molecule has 0 unspecified atom stereocenters. The monoisotopic (exact) mass is 366 g/mol. The second-order valence-electron chi connectivity index (χ2n) is 5.42. The fourth-order valence-corrected chi connectivity index (χ4v) is 3.18. The molecule has 8 heteroatoms. The van der Waals surface area contributed by atoms with Gasteiger partial charge in [-0.25, -0.2) is 17.5 Å². The molecule has 0 aliphatic carbocycles. The number of carbonyl (C=O) groups excluding carboxylic acids is 1. The minimum absolute atomic E-state index is 0.0313. The quantitative estimate of drug-likeness (QED) is 0.742. The lowest BCUT2D eigenvalue weighted by molar-refractivity contribution is -0.255. The molecule has 0 saturated carbocycles. The van der Waals surface area contributed by atoms with E-state index in [1.807, 2.05) is 26.0 Å². The third kappa shape index (κ3) is 4.77. The number of sulfonamides is 1. The van der Waals surface area contributed by atoms with Crippen LogP contribution in [-0.2, 0) is 10.0 Å². The summed E-state index contributed by atoms with van der Waals surface area (Å²) in [6.07, 6.45) is 0. The summed E-state index contributed by atoms with van der Waals surface area (Å²) in [5.41, 5.74) is 1.73. The molecule has 0 heterocycles. The summed E-state index contributed by atoms with van der Waals surface area (Å²) in [5, 5.41) is 10.8. The first kappa shape index (κ1) is 18.9. The predicted molar refractivity (Wildman–Crippen MR) is 87.3 cm³/mol. The number of carboxylic acid groups (broad SMARTS) is 1. The summed E-state index contributed by atoms with van der Waals surface area (Å²) >= 11 is 0. The van der Waals surface area contributed by atoms with Gasteiger partial charge < -0.3 is 14.6 Å². The van der Waals surface area contributed by atoms with Crippen molar-refractivity contribution >= 4 is 16.0 Å². The molecule has 0 bridgehead atoms. The van der Waals surface area contributed by atoms with E-state index in [-0.39, 0.29) is 13.2 Å². The zero-order valence-electron chi connectivity index (χ0n) is 13.7. The Morgan fingerprint density at radius 3 is 2.52 bits per heavy atom. The SMILES string of the molecule is Cc1ccc(OCCNS(=O)(=O)c2cc(C(=O)[O-])ccc2F)cc1C. The number of halogens is 1. The van der Waals surface area contributed by atoms with Crippen LogP contribution in [0.4, 0.5) is 4.39 Å². The van der Waals surface area contributed by atoms with E-state index < -0.39 is 32.3 Å². The number of aromatic carboxylic acids is 1. The van der Waals surface area contributed by atoms with Crippen LogP contribution in [0.1, 0.15) is 21.5 Å². The lowest BCUT2D eigenvalue weighted by atomic mass is 10.1. The topological polar surface area (TPSA) is 95.5 Å². The average molecular weight is 366 g/mol. The number of ether oxygens (including phenoxy) is 1. The number of nitrogens with one attached hydrogen (secondary N) is 1. The van der Waals surface area contributed by atoms with Crippen LogP contribution in [0.25, 0.3) is 0 Å². The molecule has 0 spiro atoms. The summed E-state index contributed by atoms with van der Waals surface area (Å²) in [7, 11) is -4.21. The van der Waals surface area contributed by atoms with Crippen LogP contribution in [0.2, 0.25) is 0 Å². The van der Waals surface area contributed by atoms with Crippen LogP contribution in [0.15, 0.2) is 41.3 Å². The highest BCUT2D eigenvalue weighted by Crippen LogP contribution is 2.17. The van der Waals surface area contributed by atoms with Crippen LogP contribution in [0, 0.1) is 19.7 Å². The molecule has 1 N–H and O–H groups in total. The molecule has 0 aromatic heterocycles. The molecule has 2 aromatic rings. The summed E-state index contributed by atoms with van der Waals surface area (Å²) in [6, 6.07) is 7.90. The summed E-state index contributed by atoms with van der Waals surface area (Å²) in [5.74, 6) is -2.05. The number of aryl methyl sites for hydroxylation is 2. The van der Waals surface area contributed by atoms with Gasteiger partial charge in [0.1, 0.15) is 23.1 Å². The highest BCUT2D eigenvalue weighted by Gasteiger charge is 2.19. The van der Waals surface area contributed by atoms with E-state index in [1.54, 1.807) is 6.07 Å². The number of carbonyl (C=O) groups is 1. The third-order valence-electron chi connectivity index (χ3n) is 3.60. The second-order valence-corrected chi connectivity index (χ2v) is 7.16. The average Bonchev–Trinajstić information content (AvgIpc) is 2.55. The molecule has 25 heavy (non-hydrogen) atoms. The molecule has 134 valence electrons. The molecule has 0 radical (unpaired) electrons. The van der Waals surface area contributed by atoms with Crippen LogP contribution in [-0.4, -0.2) is 27.5 Å². The van der Waals surface area contributed by atoms with Crippen molar-refractivity contribution in [3.63, 3.8) is 0 Å². The number of hydrogen-bond donors (Lipinski definition) is 1. The number of carboxylic acids is 1. The van der Waals surface area contributed by atoms with E-state index >= 15 is 0 Å². The molecular weight excluding hydrogens is 349 g/mol. The Bertz CT molecular complexity index is 896. The van der Waals surface area contributed by atoms with Crippen molar-refractivity contribution in [2.45, 2.75) is 18.7 Å². The van der Waals surface area contributed by atoms with E-state index in [0.717, 1.165) is 29.3 Å². The van der Waals surface area contributed by atoms with E-state index in [2.05, 4.69) is 4.72 Å². The first-order valence-corrected chi connectivity index (χ1v) is 8.89. The Hall–Kier alpha value is -2.45. The molecule has 2 rings (SSSR count). The van der Waals surface area contributed by atoms with Gasteiger partial charge >= 0.3 is 0 Å². The minimum atomic E-state index is -4.21. The normalized spacial score (nSPS) is 11.3. The predicted octanol–water partition coefficient (Wildman–Crippen LogP) is 1.16. The maximum atomic E-state index is 13.7. The fourth-order valence-electron chi connectivity index (χ4n) is 2.06. The van der Waals surface area contributed by atoms with Crippen molar-refractivity contribution in [2.24, 2.45) is 0 Å². The van der Waals surface area contributed by atoms with E-state index in [4.69, 9.17) is 4.74 Å². The molecular formula is C17H17FNO5S-. The molecule has 0 fully saturated rings. The smallest absolute Gasteiger partial charge is 0.243 e. The summed E-state index contributed by atoms with van der Waals surface area (Å²) < 4.78 is 45.6. The number of benzene rings is 2. The standard InChI is InChI=1S/C17H18FNO5S/c1-11-3-5-14(9-12(11)2)24-8-7-19-25(22,23)16-10-13(17(20)21)4-6-15(16)18/h3-6,9-10,19H,7-8H2,1-2H3,(H,20,21)/p-1. The van der Waals surface area contributed by atoms with Gasteiger partial charge in [-0.3, -0.25) is 0 Å². The van der Waals surface area contributed by atoms with Crippen molar-refractivity contribution in [2.75, 3.05) is 13.2 Å². The van der Waals surface area contributed by atoms with Crippen LogP contribution in [0.3, 0.4) is 0 Å². The van der Waals surface area contributed by atoms with E-state index in [9.17, 15) is 22.7 Å². The van der Waals surface area contributed by atoms with Gasteiger partial charge in [0.25, 0.3) is 0 Å². The first-order valence-electron chi connectivity index (χ1n) is 7.41. The van der Waals surface area contributed by atoms with Gasteiger partial charge in [0.2, 0.25) is 10.0 Å².